The summed E-state index contributed by atoms with van der Waals surface area (Å²) in [6.45, 7) is 8.90. The molecule has 2 N–H and O–H groups in total. The number of hydrogen-bond donors (Lipinski definition) is 2. The van der Waals surface area contributed by atoms with E-state index in [1.54, 1.807) is 15.8 Å². The molecule has 10 nitrogen and oxygen atoms in total. The van der Waals surface area contributed by atoms with Crippen molar-refractivity contribution in [3.05, 3.63) is 24.0 Å². The van der Waals surface area contributed by atoms with E-state index in [4.69, 9.17) is 0 Å². The lowest BCUT2D eigenvalue weighted by atomic mass is 9.81. The van der Waals surface area contributed by atoms with Crippen molar-refractivity contribution in [2.45, 2.75) is 65.1 Å². The Hall–Kier alpha value is -3.22. The molecular formula is C26H35N7O3. The first-order valence-corrected chi connectivity index (χ1v) is 12.9. The molecule has 10 heteroatoms. The van der Waals surface area contributed by atoms with Crippen LogP contribution in [0.4, 0.5) is 0 Å². The molecule has 1 saturated carbocycles. The molecule has 1 aromatic rings. The molecule has 4 aliphatic rings. The van der Waals surface area contributed by atoms with Crippen LogP contribution in [0.15, 0.2) is 18.3 Å². The highest BCUT2D eigenvalue weighted by Gasteiger charge is 2.59. The number of hydrogen-bond acceptors (Lipinski definition) is 6. The van der Waals surface area contributed by atoms with Crippen LogP contribution in [0, 0.1) is 53.3 Å². The van der Waals surface area contributed by atoms with E-state index in [9.17, 15) is 19.6 Å². The van der Waals surface area contributed by atoms with Crippen LogP contribution in [-0.4, -0.2) is 62.8 Å². The van der Waals surface area contributed by atoms with Crippen molar-refractivity contribution >= 4 is 17.7 Å². The second kappa shape index (κ2) is 9.02. The zero-order valence-corrected chi connectivity index (χ0v) is 21.3. The molecule has 192 valence electrons. The quantitative estimate of drug-likeness (QED) is 0.575. The Balaban J connectivity index is 1.42. The maximum absolute atomic E-state index is 14.2. The SMILES string of the molecule is Cc1cn(C(C(=O)N2C[C@H]3[C@@H]([C@H]2C(=O)N[C@H](C#N)C[C@@H]2CCNC2=O)[C@H]2C=C[C@@H]3C2)C(C)(C)C)nn1. The average Bonchev–Trinajstić information content (AvgIpc) is 3.61. The number of nitriles is 1. The van der Waals surface area contributed by atoms with Crippen molar-refractivity contribution < 1.29 is 14.4 Å². The number of nitrogens with one attached hydrogen (secondary N) is 2. The molecule has 3 amide bonds. The molecule has 5 rings (SSSR count). The summed E-state index contributed by atoms with van der Waals surface area (Å²) in [5, 5.41) is 23.8. The van der Waals surface area contributed by atoms with Crippen LogP contribution < -0.4 is 10.6 Å². The lowest BCUT2D eigenvalue weighted by Gasteiger charge is -2.36. The normalized spacial score (nSPS) is 32.2. The van der Waals surface area contributed by atoms with Gasteiger partial charge in [0, 0.05) is 25.2 Å². The molecule has 3 fully saturated rings. The Labute approximate surface area is 211 Å². The average molecular weight is 494 g/mol. The van der Waals surface area contributed by atoms with Gasteiger partial charge in [0.1, 0.15) is 18.1 Å². The highest BCUT2D eigenvalue weighted by Crippen LogP contribution is 2.54. The van der Waals surface area contributed by atoms with E-state index in [-0.39, 0.29) is 47.8 Å². The largest absolute Gasteiger partial charge is 0.356 e. The number of nitrogens with zero attached hydrogens (tertiary/aromatic N) is 5. The minimum Gasteiger partial charge on any atom is -0.356 e. The summed E-state index contributed by atoms with van der Waals surface area (Å²) in [4.78, 5) is 41.8. The number of rotatable bonds is 6. The highest BCUT2D eigenvalue weighted by molar-refractivity contribution is 5.91. The van der Waals surface area contributed by atoms with Gasteiger partial charge in [-0.3, -0.25) is 14.4 Å². The molecule has 1 unspecified atom stereocenters. The molecule has 0 spiro atoms. The molecule has 3 heterocycles. The molecular weight excluding hydrogens is 458 g/mol. The van der Waals surface area contributed by atoms with Gasteiger partial charge in [-0.05, 0) is 55.3 Å². The van der Waals surface area contributed by atoms with Crippen LogP contribution >= 0.6 is 0 Å². The van der Waals surface area contributed by atoms with Crippen LogP contribution in [0.25, 0.3) is 0 Å². The van der Waals surface area contributed by atoms with Gasteiger partial charge in [-0.15, -0.1) is 5.10 Å². The summed E-state index contributed by atoms with van der Waals surface area (Å²) >= 11 is 0. The van der Waals surface area contributed by atoms with Crippen molar-refractivity contribution in [2.24, 2.45) is 35.0 Å². The summed E-state index contributed by atoms with van der Waals surface area (Å²) in [6.07, 6.45) is 8.13. The molecule has 1 aromatic heterocycles. The van der Waals surface area contributed by atoms with Gasteiger partial charge in [0.15, 0.2) is 0 Å². The Kier molecular flexibility index (Phi) is 6.13. The number of carbonyl (C=O) groups excluding carboxylic acids is 3. The Morgan fingerprint density at radius 1 is 1.31 bits per heavy atom. The predicted molar refractivity (Wildman–Crippen MR) is 130 cm³/mol. The van der Waals surface area contributed by atoms with E-state index >= 15 is 0 Å². The Morgan fingerprint density at radius 3 is 2.67 bits per heavy atom. The number of carbonyl (C=O) groups is 3. The fourth-order valence-electron chi connectivity index (χ4n) is 6.86. The first kappa shape index (κ1) is 24.5. The van der Waals surface area contributed by atoms with Gasteiger partial charge in [-0.25, -0.2) is 4.68 Å². The van der Waals surface area contributed by atoms with E-state index in [1.807, 2.05) is 27.7 Å². The maximum atomic E-state index is 14.2. The second-order valence-electron chi connectivity index (χ2n) is 11.9. The second-order valence-corrected chi connectivity index (χ2v) is 11.9. The molecule has 36 heavy (non-hydrogen) atoms. The lowest BCUT2D eigenvalue weighted by Crippen LogP contribution is -2.54. The summed E-state index contributed by atoms with van der Waals surface area (Å²) in [5.74, 6) is 0.0522. The van der Waals surface area contributed by atoms with Gasteiger partial charge in [-0.1, -0.05) is 38.1 Å². The molecule has 0 radical (unpaired) electrons. The zero-order valence-electron chi connectivity index (χ0n) is 21.3. The van der Waals surface area contributed by atoms with Crippen LogP contribution in [0.1, 0.15) is 51.8 Å². The molecule has 2 aliphatic carbocycles. The van der Waals surface area contributed by atoms with Crippen LogP contribution in [-0.2, 0) is 14.4 Å². The van der Waals surface area contributed by atoms with Gasteiger partial charge in [0.25, 0.3) is 0 Å². The van der Waals surface area contributed by atoms with E-state index in [0.29, 0.717) is 25.4 Å². The maximum Gasteiger partial charge on any atom is 0.248 e. The topological polar surface area (TPSA) is 133 Å². The predicted octanol–water partition coefficient (Wildman–Crippen LogP) is 1.36. The van der Waals surface area contributed by atoms with E-state index in [0.717, 1.165) is 12.1 Å². The van der Waals surface area contributed by atoms with E-state index in [2.05, 4.69) is 39.2 Å². The zero-order chi connectivity index (χ0) is 25.8. The summed E-state index contributed by atoms with van der Waals surface area (Å²) in [5.41, 5.74) is 0.262. The van der Waals surface area contributed by atoms with Crippen LogP contribution in [0.5, 0.6) is 0 Å². The van der Waals surface area contributed by atoms with Gasteiger partial charge in [0.2, 0.25) is 17.7 Å². The Bertz CT molecular complexity index is 1130. The van der Waals surface area contributed by atoms with Crippen LogP contribution in [0.2, 0.25) is 0 Å². The van der Waals surface area contributed by atoms with Crippen molar-refractivity contribution in [1.82, 2.24) is 30.5 Å². The van der Waals surface area contributed by atoms with Gasteiger partial charge >= 0.3 is 0 Å². The monoisotopic (exact) mass is 493 g/mol. The molecule has 0 aromatic carbocycles. The number of allylic oxidation sites excluding steroid dienone is 2. The summed E-state index contributed by atoms with van der Waals surface area (Å²) in [7, 11) is 0. The number of aromatic nitrogens is 3. The van der Waals surface area contributed by atoms with Gasteiger partial charge in [0.05, 0.1) is 11.8 Å². The lowest BCUT2D eigenvalue weighted by molar-refractivity contribution is -0.145. The molecule has 2 aliphatic heterocycles. The number of fused-ring (bicyclic) bond motifs is 5. The fourth-order valence-corrected chi connectivity index (χ4v) is 6.86. The van der Waals surface area contributed by atoms with Crippen molar-refractivity contribution in [2.75, 3.05) is 13.1 Å². The Morgan fingerprint density at radius 2 is 2.06 bits per heavy atom. The molecule has 8 atom stereocenters. The van der Waals surface area contributed by atoms with E-state index < -0.39 is 23.5 Å². The molecule has 2 saturated heterocycles. The fraction of sp³-hybridized carbons (Fsp3) is 0.692. The molecule has 2 bridgehead atoms. The third kappa shape index (κ3) is 4.18. The third-order valence-electron chi connectivity index (χ3n) is 8.45. The van der Waals surface area contributed by atoms with E-state index in [1.165, 1.54) is 0 Å². The minimum absolute atomic E-state index is 0.0242. The minimum atomic E-state index is -0.784. The number of aryl methyl sites for hydroxylation is 1. The van der Waals surface area contributed by atoms with Crippen molar-refractivity contribution in [1.29, 1.82) is 5.26 Å². The first-order chi connectivity index (χ1) is 17.1. The first-order valence-electron chi connectivity index (χ1n) is 12.9. The smallest absolute Gasteiger partial charge is 0.248 e. The summed E-state index contributed by atoms with van der Waals surface area (Å²) < 4.78 is 1.62. The third-order valence-corrected chi connectivity index (χ3v) is 8.45. The number of amides is 3. The van der Waals surface area contributed by atoms with Gasteiger partial charge < -0.3 is 15.5 Å². The standard InChI is InChI=1S/C26H35N7O3/c1-14-12-33(31-30-14)22(26(2,3)4)25(36)32-13-19-15-5-6-16(9-15)20(19)21(32)24(35)29-18(11-27)10-17-7-8-28-23(17)34/h5-6,12,15-22H,7-10,13H2,1-4H3,(H,28,34)(H,29,35)/t15-,16+,17+,18+,19-,20+,21+,22?/m1/s1. The highest BCUT2D eigenvalue weighted by atomic mass is 16.2. The van der Waals surface area contributed by atoms with Gasteiger partial charge in [-0.2, -0.15) is 5.26 Å². The van der Waals surface area contributed by atoms with Crippen molar-refractivity contribution in [3.8, 4) is 6.07 Å². The summed E-state index contributed by atoms with van der Waals surface area (Å²) in [6, 6.07) is 0.101. The van der Waals surface area contributed by atoms with Crippen molar-refractivity contribution in [3.63, 3.8) is 0 Å². The van der Waals surface area contributed by atoms with Crippen LogP contribution in [0.3, 0.4) is 0 Å². The number of likely N-dealkylation sites (tertiary alicyclic amines) is 1.